The number of hydrogen-bond donors (Lipinski definition) is 1. The van der Waals surface area contributed by atoms with Crippen LogP contribution in [0.25, 0.3) is 0 Å². The topological polar surface area (TPSA) is 105 Å². The average molecular weight is 480 g/mol. The molecule has 2 aromatic carbocycles. The lowest BCUT2D eigenvalue weighted by atomic mass is 10.1. The minimum absolute atomic E-state index is 0.216. The molecule has 2 aliphatic rings. The van der Waals surface area contributed by atoms with E-state index < -0.39 is 22.0 Å². The smallest absolute Gasteiger partial charge is 0.267 e. The van der Waals surface area contributed by atoms with Crippen LogP contribution in [0.4, 0.5) is 11.4 Å². The van der Waals surface area contributed by atoms with Crippen LogP contribution >= 0.6 is 11.6 Å². The van der Waals surface area contributed by atoms with Gasteiger partial charge in [-0.25, -0.2) is 8.42 Å². The third-order valence-electron chi connectivity index (χ3n) is 5.20. The molecule has 1 atom stereocenters. The van der Waals surface area contributed by atoms with E-state index in [1.807, 2.05) is 0 Å². The fourth-order valence-corrected chi connectivity index (χ4v) is 4.68. The van der Waals surface area contributed by atoms with E-state index >= 15 is 0 Å². The standard InChI is InChI=1S/C21H22ClN3O6S/c1-32(28,29)25-13-19(31-18-7-6-14(22)12-17(18)25)20(26)23-16-5-3-2-4-15(16)21(27)24-8-10-30-11-9-24/h2-7,12,19H,8-11,13H2,1H3,(H,23,26). The summed E-state index contributed by atoms with van der Waals surface area (Å²) in [5.74, 6) is -0.558. The number of hydrogen-bond acceptors (Lipinski definition) is 6. The Kier molecular flexibility index (Phi) is 6.27. The number of rotatable bonds is 4. The van der Waals surface area contributed by atoms with E-state index in [2.05, 4.69) is 5.32 Å². The van der Waals surface area contributed by atoms with Crippen LogP contribution in [0.2, 0.25) is 5.02 Å². The van der Waals surface area contributed by atoms with Crippen LogP contribution in [0.3, 0.4) is 0 Å². The first-order valence-corrected chi connectivity index (χ1v) is 12.2. The number of anilines is 2. The van der Waals surface area contributed by atoms with Crippen molar-refractivity contribution in [3.05, 3.63) is 53.1 Å². The van der Waals surface area contributed by atoms with Crippen molar-refractivity contribution >= 4 is 44.8 Å². The Labute approximate surface area is 190 Å². The Morgan fingerprint density at radius 1 is 1.12 bits per heavy atom. The number of ether oxygens (including phenoxy) is 2. The predicted molar refractivity (Wildman–Crippen MR) is 120 cm³/mol. The normalized spacial score (nSPS) is 18.5. The fraction of sp³-hybridized carbons (Fsp3) is 0.333. The molecule has 0 bridgehead atoms. The maximum atomic E-state index is 13.0. The van der Waals surface area contributed by atoms with Crippen LogP contribution in [-0.4, -0.2) is 70.3 Å². The first kappa shape index (κ1) is 22.4. The minimum Gasteiger partial charge on any atom is -0.476 e. The molecule has 32 heavy (non-hydrogen) atoms. The monoisotopic (exact) mass is 479 g/mol. The zero-order chi connectivity index (χ0) is 22.9. The van der Waals surface area contributed by atoms with Gasteiger partial charge in [0.25, 0.3) is 11.8 Å². The molecule has 1 fully saturated rings. The molecule has 0 aliphatic carbocycles. The number of para-hydroxylation sites is 1. The first-order valence-electron chi connectivity index (χ1n) is 9.95. The number of sulfonamides is 1. The molecular formula is C21H22ClN3O6S. The van der Waals surface area contributed by atoms with E-state index in [4.69, 9.17) is 21.1 Å². The molecule has 2 aliphatic heterocycles. The van der Waals surface area contributed by atoms with E-state index in [-0.39, 0.29) is 23.9 Å². The van der Waals surface area contributed by atoms with Crippen molar-refractivity contribution in [2.75, 3.05) is 48.7 Å². The van der Waals surface area contributed by atoms with E-state index in [9.17, 15) is 18.0 Å². The largest absolute Gasteiger partial charge is 0.476 e. The summed E-state index contributed by atoms with van der Waals surface area (Å²) in [4.78, 5) is 27.6. The van der Waals surface area contributed by atoms with E-state index in [1.165, 1.54) is 12.1 Å². The van der Waals surface area contributed by atoms with Crippen LogP contribution < -0.4 is 14.4 Å². The van der Waals surface area contributed by atoms with Crippen molar-refractivity contribution in [3.8, 4) is 5.75 Å². The van der Waals surface area contributed by atoms with Crippen LogP contribution in [0, 0.1) is 0 Å². The molecule has 2 aromatic rings. The summed E-state index contributed by atoms with van der Waals surface area (Å²) < 4.78 is 36.8. The number of carbonyl (C=O) groups is 2. The average Bonchev–Trinajstić information content (AvgIpc) is 2.78. The molecular weight excluding hydrogens is 458 g/mol. The van der Waals surface area contributed by atoms with Crippen LogP contribution in [0.1, 0.15) is 10.4 Å². The Hall–Kier alpha value is -2.82. The fourth-order valence-electron chi connectivity index (χ4n) is 3.60. The van der Waals surface area contributed by atoms with Crippen molar-refractivity contribution in [2.45, 2.75) is 6.10 Å². The highest BCUT2D eigenvalue weighted by Crippen LogP contribution is 2.37. The number of nitrogens with zero attached hydrogens (tertiary/aromatic N) is 2. The Morgan fingerprint density at radius 2 is 1.84 bits per heavy atom. The summed E-state index contributed by atoms with van der Waals surface area (Å²) in [6.45, 7) is 1.63. The molecule has 9 nitrogen and oxygen atoms in total. The lowest BCUT2D eigenvalue weighted by Gasteiger charge is -2.34. The Morgan fingerprint density at radius 3 is 2.56 bits per heavy atom. The van der Waals surface area contributed by atoms with Gasteiger partial charge in [-0.05, 0) is 30.3 Å². The minimum atomic E-state index is -3.69. The van der Waals surface area contributed by atoms with Gasteiger partial charge >= 0.3 is 0 Å². The second-order valence-electron chi connectivity index (χ2n) is 7.45. The lowest BCUT2D eigenvalue weighted by Crippen LogP contribution is -2.48. The number of morpholine rings is 1. The van der Waals surface area contributed by atoms with Gasteiger partial charge in [0.2, 0.25) is 10.0 Å². The molecule has 0 radical (unpaired) electrons. The van der Waals surface area contributed by atoms with Crippen molar-refractivity contribution < 1.29 is 27.5 Å². The van der Waals surface area contributed by atoms with Crippen LogP contribution in [0.15, 0.2) is 42.5 Å². The van der Waals surface area contributed by atoms with Crippen molar-refractivity contribution in [1.29, 1.82) is 0 Å². The molecule has 4 rings (SSSR count). The number of halogens is 1. The maximum absolute atomic E-state index is 13.0. The third-order valence-corrected chi connectivity index (χ3v) is 6.58. The number of fused-ring (bicyclic) bond motifs is 1. The van der Waals surface area contributed by atoms with Gasteiger partial charge in [-0.2, -0.15) is 0 Å². The van der Waals surface area contributed by atoms with Gasteiger partial charge in [-0.1, -0.05) is 23.7 Å². The molecule has 11 heteroatoms. The van der Waals surface area contributed by atoms with Crippen molar-refractivity contribution in [3.63, 3.8) is 0 Å². The van der Waals surface area contributed by atoms with Crippen molar-refractivity contribution in [1.82, 2.24) is 4.90 Å². The molecule has 1 unspecified atom stereocenters. The highest BCUT2D eigenvalue weighted by atomic mass is 35.5. The second-order valence-corrected chi connectivity index (χ2v) is 9.80. The number of nitrogens with one attached hydrogen (secondary N) is 1. The highest BCUT2D eigenvalue weighted by molar-refractivity contribution is 7.92. The molecule has 1 N–H and O–H groups in total. The zero-order valence-electron chi connectivity index (χ0n) is 17.3. The molecule has 2 amide bonds. The lowest BCUT2D eigenvalue weighted by molar-refractivity contribution is -0.122. The van der Waals surface area contributed by atoms with E-state index in [0.29, 0.717) is 42.6 Å². The van der Waals surface area contributed by atoms with Gasteiger partial charge < -0.3 is 19.7 Å². The van der Waals surface area contributed by atoms with Gasteiger partial charge in [0.15, 0.2) is 6.10 Å². The van der Waals surface area contributed by atoms with Crippen LogP contribution in [-0.2, 0) is 19.6 Å². The zero-order valence-corrected chi connectivity index (χ0v) is 18.9. The summed E-state index contributed by atoms with van der Waals surface area (Å²) in [6, 6.07) is 11.2. The molecule has 0 saturated carbocycles. The van der Waals surface area contributed by atoms with Crippen molar-refractivity contribution in [2.24, 2.45) is 0 Å². The summed E-state index contributed by atoms with van der Waals surface area (Å²) in [6.07, 6.45) is -0.0705. The number of benzene rings is 2. The first-order chi connectivity index (χ1) is 15.2. The van der Waals surface area contributed by atoms with Gasteiger partial charge in [0.05, 0.1) is 43.0 Å². The number of amides is 2. The summed E-state index contributed by atoms with van der Waals surface area (Å²) in [5.41, 5.74) is 0.933. The second kappa shape index (κ2) is 8.97. The quantitative estimate of drug-likeness (QED) is 0.719. The maximum Gasteiger partial charge on any atom is 0.267 e. The molecule has 170 valence electrons. The van der Waals surface area contributed by atoms with Gasteiger partial charge in [0, 0.05) is 18.1 Å². The number of carbonyl (C=O) groups excluding carboxylic acids is 2. The van der Waals surface area contributed by atoms with Gasteiger partial charge in [-0.15, -0.1) is 0 Å². The summed E-state index contributed by atoms with van der Waals surface area (Å²) in [5, 5.41) is 3.07. The summed E-state index contributed by atoms with van der Waals surface area (Å²) >= 11 is 6.01. The van der Waals surface area contributed by atoms with Gasteiger partial charge in [-0.3, -0.25) is 13.9 Å². The molecule has 1 saturated heterocycles. The Balaban J connectivity index is 1.57. The highest BCUT2D eigenvalue weighted by Gasteiger charge is 2.35. The SMILES string of the molecule is CS(=O)(=O)N1CC(C(=O)Nc2ccccc2C(=O)N2CCOCC2)Oc2ccc(Cl)cc21. The van der Waals surface area contributed by atoms with Crippen LogP contribution in [0.5, 0.6) is 5.75 Å². The molecule has 0 aromatic heterocycles. The Bertz CT molecular complexity index is 1150. The van der Waals surface area contributed by atoms with E-state index in [0.717, 1.165) is 10.6 Å². The summed E-state index contributed by atoms with van der Waals surface area (Å²) in [7, 11) is -3.69. The predicted octanol–water partition coefficient (Wildman–Crippen LogP) is 1.98. The molecule has 2 heterocycles. The molecule has 0 spiro atoms. The third kappa shape index (κ3) is 4.67. The van der Waals surface area contributed by atoms with Gasteiger partial charge in [0.1, 0.15) is 5.75 Å². The van der Waals surface area contributed by atoms with E-state index in [1.54, 1.807) is 35.2 Å².